The molecule has 0 aliphatic carbocycles. The maximum absolute atomic E-state index is 13.1. The molecular weight excluding hydrogens is 275 g/mol. The van der Waals surface area contributed by atoms with Gasteiger partial charge in [0.15, 0.2) is 0 Å². The van der Waals surface area contributed by atoms with Crippen LogP contribution in [0.15, 0.2) is 60.9 Å². The molecule has 4 heteroatoms. The van der Waals surface area contributed by atoms with Crippen molar-refractivity contribution >= 4 is 11.6 Å². The highest BCUT2D eigenvalue weighted by Gasteiger charge is 2.06. The third-order valence-electron chi connectivity index (χ3n) is 3.05. The van der Waals surface area contributed by atoms with Gasteiger partial charge in [-0.15, -0.1) is 0 Å². The zero-order valence-corrected chi connectivity index (χ0v) is 11.4. The highest BCUT2D eigenvalue weighted by atomic mass is 35.5. The van der Waals surface area contributed by atoms with Crippen LogP contribution in [0.2, 0.25) is 5.02 Å². The summed E-state index contributed by atoms with van der Waals surface area (Å²) in [6.07, 6.45) is 3.67. The standard InChI is InChI=1S/C16H12ClFN2/c17-16-7-2-1-6-15(16)13-9-19-20(11-13)10-12-4-3-5-14(18)8-12/h1-9,11H,10H2. The summed E-state index contributed by atoms with van der Waals surface area (Å²) in [5.41, 5.74) is 2.77. The van der Waals surface area contributed by atoms with E-state index >= 15 is 0 Å². The van der Waals surface area contributed by atoms with Crippen LogP contribution < -0.4 is 0 Å². The van der Waals surface area contributed by atoms with Crippen molar-refractivity contribution in [2.24, 2.45) is 0 Å². The molecule has 0 saturated heterocycles. The Kier molecular flexibility index (Phi) is 3.52. The molecule has 2 nitrogen and oxygen atoms in total. The Morgan fingerprint density at radius 1 is 1.10 bits per heavy atom. The number of nitrogens with zero attached hydrogens (tertiary/aromatic N) is 2. The molecule has 100 valence electrons. The van der Waals surface area contributed by atoms with Gasteiger partial charge < -0.3 is 0 Å². The predicted octanol–water partition coefficient (Wildman–Crippen LogP) is 4.39. The van der Waals surface area contributed by atoms with Gasteiger partial charge in [0.25, 0.3) is 0 Å². The van der Waals surface area contributed by atoms with E-state index in [-0.39, 0.29) is 5.82 Å². The van der Waals surface area contributed by atoms with Gasteiger partial charge in [0.2, 0.25) is 0 Å². The molecule has 0 atom stereocenters. The Bertz CT molecular complexity index is 737. The summed E-state index contributed by atoms with van der Waals surface area (Å²) in [5, 5.41) is 4.99. The third kappa shape index (κ3) is 2.73. The SMILES string of the molecule is Fc1cccc(Cn2cc(-c3ccccc3Cl)cn2)c1. The van der Waals surface area contributed by atoms with Crippen LogP contribution in [0.25, 0.3) is 11.1 Å². The Morgan fingerprint density at radius 3 is 2.75 bits per heavy atom. The molecule has 3 rings (SSSR count). The van der Waals surface area contributed by atoms with Crippen LogP contribution >= 0.6 is 11.6 Å². The summed E-state index contributed by atoms with van der Waals surface area (Å²) in [4.78, 5) is 0. The van der Waals surface area contributed by atoms with E-state index in [1.54, 1.807) is 16.9 Å². The zero-order chi connectivity index (χ0) is 13.9. The quantitative estimate of drug-likeness (QED) is 0.698. The van der Waals surface area contributed by atoms with Gasteiger partial charge in [-0.05, 0) is 23.8 Å². The molecule has 0 aliphatic rings. The van der Waals surface area contributed by atoms with E-state index in [1.807, 2.05) is 36.5 Å². The van der Waals surface area contributed by atoms with Crippen molar-refractivity contribution in [3.63, 3.8) is 0 Å². The van der Waals surface area contributed by atoms with Crippen molar-refractivity contribution in [1.29, 1.82) is 0 Å². The fourth-order valence-electron chi connectivity index (χ4n) is 2.11. The van der Waals surface area contributed by atoms with Crippen molar-refractivity contribution in [3.05, 3.63) is 77.3 Å². The Balaban J connectivity index is 1.86. The van der Waals surface area contributed by atoms with Gasteiger partial charge in [-0.1, -0.05) is 41.9 Å². The number of benzene rings is 2. The van der Waals surface area contributed by atoms with Crippen LogP contribution in [-0.4, -0.2) is 9.78 Å². The van der Waals surface area contributed by atoms with Gasteiger partial charge in [0, 0.05) is 22.3 Å². The lowest BCUT2D eigenvalue weighted by Gasteiger charge is -2.02. The number of hydrogen-bond acceptors (Lipinski definition) is 1. The topological polar surface area (TPSA) is 17.8 Å². The lowest BCUT2D eigenvalue weighted by atomic mass is 10.1. The third-order valence-corrected chi connectivity index (χ3v) is 3.38. The Hall–Kier alpha value is -2.13. The van der Waals surface area contributed by atoms with Gasteiger partial charge in [0.1, 0.15) is 5.82 Å². The molecule has 0 spiro atoms. The van der Waals surface area contributed by atoms with Crippen molar-refractivity contribution in [2.45, 2.75) is 6.54 Å². The van der Waals surface area contributed by atoms with Crippen molar-refractivity contribution in [1.82, 2.24) is 9.78 Å². The zero-order valence-electron chi connectivity index (χ0n) is 10.6. The summed E-state index contributed by atoms with van der Waals surface area (Å²) >= 11 is 6.16. The molecule has 1 heterocycles. The van der Waals surface area contributed by atoms with Crippen molar-refractivity contribution in [3.8, 4) is 11.1 Å². The first-order valence-electron chi connectivity index (χ1n) is 6.24. The van der Waals surface area contributed by atoms with Gasteiger partial charge in [-0.2, -0.15) is 5.10 Å². The minimum Gasteiger partial charge on any atom is -0.268 e. The minimum atomic E-state index is -0.235. The molecule has 0 fully saturated rings. The number of halogens is 2. The molecule has 1 aromatic heterocycles. The molecule has 0 N–H and O–H groups in total. The van der Waals surface area contributed by atoms with Crippen LogP contribution in [-0.2, 0) is 6.54 Å². The first-order chi connectivity index (χ1) is 9.72. The second-order valence-electron chi connectivity index (χ2n) is 4.54. The van der Waals surface area contributed by atoms with Crippen LogP contribution in [0.1, 0.15) is 5.56 Å². The highest BCUT2D eigenvalue weighted by molar-refractivity contribution is 6.33. The van der Waals surface area contributed by atoms with E-state index in [9.17, 15) is 4.39 Å². The molecule has 0 radical (unpaired) electrons. The summed E-state index contributed by atoms with van der Waals surface area (Å²) in [7, 11) is 0. The average Bonchev–Trinajstić information content (AvgIpc) is 2.87. The van der Waals surface area contributed by atoms with Gasteiger partial charge in [0.05, 0.1) is 12.7 Å². The normalized spacial score (nSPS) is 10.7. The molecule has 0 aliphatic heterocycles. The molecule has 2 aromatic carbocycles. The van der Waals surface area contributed by atoms with Crippen LogP contribution in [0, 0.1) is 5.82 Å². The summed E-state index contributed by atoms with van der Waals surface area (Å²) in [6.45, 7) is 0.530. The number of hydrogen-bond donors (Lipinski definition) is 0. The molecule has 20 heavy (non-hydrogen) atoms. The largest absolute Gasteiger partial charge is 0.268 e. The molecule has 0 saturated carbocycles. The molecule has 0 bridgehead atoms. The van der Waals surface area contributed by atoms with E-state index < -0.39 is 0 Å². The second kappa shape index (κ2) is 5.47. The van der Waals surface area contributed by atoms with Gasteiger partial charge in [-0.25, -0.2) is 4.39 Å². The minimum absolute atomic E-state index is 0.235. The van der Waals surface area contributed by atoms with Crippen molar-refractivity contribution < 1.29 is 4.39 Å². The van der Waals surface area contributed by atoms with Crippen molar-refractivity contribution in [2.75, 3.05) is 0 Å². The maximum Gasteiger partial charge on any atom is 0.123 e. The van der Waals surface area contributed by atoms with Crippen LogP contribution in [0.4, 0.5) is 4.39 Å². The maximum atomic E-state index is 13.1. The molecule has 0 unspecified atom stereocenters. The smallest absolute Gasteiger partial charge is 0.123 e. The Labute approximate surface area is 121 Å². The summed E-state index contributed by atoms with van der Waals surface area (Å²) in [5.74, 6) is -0.235. The molecule has 3 aromatic rings. The van der Waals surface area contributed by atoms with E-state index in [4.69, 9.17) is 11.6 Å². The summed E-state index contributed by atoms with van der Waals surface area (Å²) < 4.78 is 14.9. The van der Waals surface area contributed by atoms with E-state index in [2.05, 4.69) is 5.10 Å². The van der Waals surface area contributed by atoms with Gasteiger partial charge >= 0.3 is 0 Å². The van der Waals surface area contributed by atoms with Crippen LogP contribution in [0.5, 0.6) is 0 Å². The number of aromatic nitrogens is 2. The number of rotatable bonds is 3. The van der Waals surface area contributed by atoms with Crippen LogP contribution in [0.3, 0.4) is 0 Å². The Morgan fingerprint density at radius 2 is 1.95 bits per heavy atom. The second-order valence-corrected chi connectivity index (χ2v) is 4.94. The predicted molar refractivity (Wildman–Crippen MR) is 78.2 cm³/mol. The fourth-order valence-corrected chi connectivity index (χ4v) is 2.35. The lowest BCUT2D eigenvalue weighted by Crippen LogP contribution is -1.99. The van der Waals surface area contributed by atoms with Gasteiger partial charge in [-0.3, -0.25) is 4.68 Å². The monoisotopic (exact) mass is 286 g/mol. The first-order valence-corrected chi connectivity index (χ1v) is 6.62. The molecule has 0 amide bonds. The highest BCUT2D eigenvalue weighted by Crippen LogP contribution is 2.26. The van der Waals surface area contributed by atoms with E-state index in [0.29, 0.717) is 11.6 Å². The average molecular weight is 287 g/mol. The molecular formula is C16H12ClFN2. The van der Waals surface area contributed by atoms with E-state index in [1.165, 1.54) is 12.1 Å². The fraction of sp³-hybridized carbons (Fsp3) is 0.0625. The summed E-state index contributed by atoms with van der Waals surface area (Å²) in [6, 6.07) is 14.1. The van der Waals surface area contributed by atoms with E-state index in [0.717, 1.165) is 16.7 Å². The lowest BCUT2D eigenvalue weighted by molar-refractivity contribution is 0.619. The first kappa shape index (κ1) is 12.9.